The van der Waals surface area contributed by atoms with Crippen molar-refractivity contribution < 1.29 is 18.7 Å². The number of carbonyl (C=O) groups excluding carboxylic acids is 1. The molecule has 2 heterocycles. The number of piperidine rings is 1. The molecule has 27 heavy (non-hydrogen) atoms. The SMILES string of the molecule is O=C(CCN1CCC(C(O)c2ccccn2)CC1)Nc1cc(F)ccc1F. The van der Waals surface area contributed by atoms with E-state index in [4.69, 9.17) is 0 Å². The molecule has 3 rings (SSSR count). The molecule has 1 aromatic carbocycles. The van der Waals surface area contributed by atoms with Crippen molar-refractivity contribution in [1.29, 1.82) is 0 Å². The van der Waals surface area contributed by atoms with E-state index < -0.39 is 17.7 Å². The Labute approximate surface area is 157 Å². The molecule has 1 fully saturated rings. The maximum atomic E-state index is 13.6. The number of amides is 1. The first-order valence-electron chi connectivity index (χ1n) is 9.09. The molecule has 5 nitrogen and oxygen atoms in total. The van der Waals surface area contributed by atoms with Crippen LogP contribution in [0.5, 0.6) is 0 Å². The fourth-order valence-corrected chi connectivity index (χ4v) is 3.35. The van der Waals surface area contributed by atoms with Crippen molar-refractivity contribution in [2.24, 2.45) is 5.92 Å². The highest BCUT2D eigenvalue weighted by Crippen LogP contribution is 2.29. The molecule has 2 aromatic rings. The first-order chi connectivity index (χ1) is 13.0. The van der Waals surface area contributed by atoms with Crippen LogP contribution in [0.2, 0.25) is 0 Å². The number of likely N-dealkylation sites (tertiary alicyclic amines) is 1. The predicted octanol–water partition coefficient (Wildman–Crippen LogP) is 3.13. The number of carbonyl (C=O) groups is 1. The van der Waals surface area contributed by atoms with Gasteiger partial charge in [-0.1, -0.05) is 6.07 Å². The third-order valence-corrected chi connectivity index (χ3v) is 4.93. The van der Waals surface area contributed by atoms with Crippen LogP contribution in [-0.2, 0) is 4.79 Å². The van der Waals surface area contributed by atoms with Crippen molar-refractivity contribution in [2.45, 2.75) is 25.4 Å². The van der Waals surface area contributed by atoms with Gasteiger partial charge in [0, 0.05) is 25.2 Å². The van der Waals surface area contributed by atoms with Crippen LogP contribution in [0.3, 0.4) is 0 Å². The summed E-state index contributed by atoms with van der Waals surface area (Å²) in [6.45, 7) is 2.08. The molecule has 2 N–H and O–H groups in total. The van der Waals surface area contributed by atoms with E-state index in [9.17, 15) is 18.7 Å². The summed E-state index contributed by atoms with van der Waals surface area (Å²) in [5, 5.41) is 12.9. The van der Waals surface area contributed by atoms with Gasteiger partial charge in [-0.15, -0.1) is 0 Å². The monoisotopic (exact) mass is 375 g/mol. The molecule has 1 amide bonds. The number of pyridine rings is 1. The van der Waals surface area contributed by atoms with Crippen LogP contribution in [0.15, 0.2) is 42.6 Å². The highest BCUT2D eigenvalue weighted by molar-refractivity contribution is 5.90. The molecule has 1 atom stereocenters. The summed E-state index contributed by atoms with van der Waals surface area (Å²) in [6.07, 6.45) is 2.93. The number of aromatic nitrogens is 1. The van der Waals surface area contributed by atoms with Gasteiger partial charge >= 0.3 is 0 Å². The van der Waals surface area contributed by atoms with Gasteiger partial charge < -0.3 is 15.3 Å². The number of rotatable bonds is 6. The Kier molecular flexibility index (Phi) is 6.47. The number of nitrogens with one attached hydrogen (secondary N) is 1. The molecule has 144 valence electrons. The maximum absolute atomic E-state index is 13.6. The Hall–Kier alpha value is -2.38. The Bertz CT molecular complexity index is 765. The molecule has 1 aliphatic rings. The van der Waals surface area contributed by atoms with Crippen molar-refractivity contribution in [3.05, 3.63) is 59.9 Å². The van der Waals surface area contributed by atoms with Crippen LogP contribution in [0.4, 0.5) is 14.5 Å². The second-order valence-electron chi connectivity index (χ2n) is 6.80. The van der Waals surface area contributed by atoms with Crippen LogP contribution in [-0.4, -0.2) is 40.5 Å². The van der Waals surface area contributed by atoms with Crippen LogP contribution in [0, 0.1) is 17.6 Å². The first kappa shape index (κ1) is 19.4. The summed E-state index contributed by atoms with van der Waals surface area (Å²) < 4.78 is 26.7. The molecule has 0 saturated carbocycles. The summed E-state index contributed by atoms with van der Waals surface area (Å²) in [7, 11) is 0. The molecule has 0 aliphatic carbocycles. The van der Waals surface area contributed by atoms with Crippen molar-refractivity contribution in [3.8, 4) is 0 Å². The Morgan fingerprint density at radius 2 is 2.04 bits per heavy atom. The van der Waals surface area contributed by atoms with E-state index in [1.807, 2.05) is 18.2 Å². The normalized spacial score (nSPS) is 16.9. The number of anilines is 1. The van der Waals surface area contributed by atoms with Gasteiger partial charge in [0.05, 0.1) is 17.5 Å². The van der Waals surface area contributed by atoms with Gasteiger partial charge in [-0.3, -0.25) is 9.78 Å². The Morgan fingerprint density at radius 1 is 1.26 bits per heavy atom. The zero-order valence-corrected chi connectivity index (χ0v) is 14.9. The molecule has 0 bridgehead atoms. The van der Waals surface area contributed by atoms with Gasteiger partial charge in [0.15, 0.2) is 0 Å². The molecule has 1 saturated heterocycles. The van der Waals surface area contributed by atoms with Crippen molar-refractivity contribution in [2.75, 3.05) is 25.0 Å². The highest BCUT2D eigenvalue weighted by atomic mass is 19.1. The van der Waals surface area contributed by atoms with Crippen molar-refractivity contribution >= 4 is 11.6 Å². The molecular weight excluding hydrogens is 352 g/mol. The predicted molar refractivity (Wildman–Crippen MR) is 98.0 cm³/mol. The zero-order valence-electron chi connectivity index (χ0n) is 14.9. The summed E-state index contributed by atoms with van der Waals surface area (Å²) in [5.41, 5.74) is 0.546. The summed E-state index contributed by atoms with van der Waals surface area (Å²) in [4.78, 5) is 18.4. The largest absolute Gasteiger partial charge is 0.387 e. The fourth-order valence-electron chi connectivity index (χ4n) is 3.35. The molecule has 7 heteroatoms. The quantitative estimate of drug-likeness (QED) is 0.814. The lowest BCUT2D eigenvalue weighted by atomic mass is 9.89. The second kappa shape index (κ2) is 9.01. The van der Waals surface area contributed by atoms with E-state index in [0.29, 0.717) is 12.2 Å². The van der Waals surface area contributed by atoms with Crippen molar-refractivity contribution in [3.63, 3.8) is 0 Å². The second-order valence-corrected chi connectivity index (χ2v) is 6.80. The number of hydrogen-bond donors (Lipinski definition) is 2. The lowest BCUT2D eigenvalue weighted by Crippen LogP contribution is -2.37. The highest BCUT2D eigenvalue weighted by Gasteiger charge is 2.27. The number of halogens is 2. The van der Waals surface area contributed by atoms with E-state index in [-0.39, 0.29) is 23.9 Å². The average molecular weight is 375 g/mol. The van der Waals surface area contributed by atoms with Crippen molar-refractivity contribution in [1.82, 2.24) is 9.88 Å². The van der Waals surface area contributed by atoms with Gasteiger partial charge in [-0.25, -0.2) is 8.78 Å². The topological polar surface area (TPSA) is 65.5 Å². The van der Waals surface area contributed by atoms with E-state index >= 15 is 0 Å². The molecule has 0 radical (unpaired) electrons. The number of benzene rings is 1. The molecule has 1 aromatic heterocycles. The number of hydrogen-bond acceptors (Lipinski definition) is 4. The third-order valence-electron chi connectivity index (χ3n) is 4.93. The van der Waals surface area contributed by atoms with Crippen LogP contribution in [0.1, 0.15) is 31.1 Å². The molecule has 1 aliphatic heterocycles. The van der Waals surface area contributed by atoms with Gasteiger partial charge in [0.2, 0.25) is 5.91 Å². The molecule has 1 unspecified atom stereocenters. The molecule has 0 spiro atoms. The average Bonchev–Trinajstić information content (AvgIpc) is 2.70. The number of aliphatic hydroxyl groups excluding tert-OH is 1. The van der Waals surface area contributed by atoms with E-state index in [1.165, 1.54) is 0 Å². The summed E-state index contributed by atoms with van der Waals surface area (Å²) >= 11 is 0. The lowest BCUT2D eigenvalue weighted by molar-refractivity contribution is -0.116. The van der Waals surface area contributed by atoms with E-state index in [2.05, 4.69) is 15.2 Å². The lowest BCUT2D eigenvalue weighted by Gasteiger charge is -2.33. The van der Waals surface area contributed by atoms with Gasteiger partial charge in [-0.2, -0.15) is 0 Å². The summed E-state index contributed by atoms with van der Waals surface area (Å²) in [5.74, 6) is -1.46. The summed E-state index contributed by atoms with van der Waals surface area (Å²) in [6, 6.07) is 8.47. The van der Waals surface area contributed by atoms with Crippen LogP contribution >= 0.6 is 0 Å². The minimum Gasteiger partial charge on any atom is -0.387 e. The maximum Gasteiger partial charge on any atom is 0.225 e. The van der Waals surface area contributed by atoms with Gasteiger partial charge in [0.25, 0.3) is 0 Å². The third kappa shape index (κ3) is 5.30. The Morgan fingerprint density at radius 3 is 2.74 bits per heavy atom. The standard InChI is InChI=1S/C20H23F2N3O2/c21-15-4-5-16(22)18(13-15)24-19(26)8-12-25-10-6-14(7-11-25)20(27)17-3-1-2-9-23-17/h1-5,9,13-14,20,27H,6-8,10-12H2,(H,24,26). The van der Waals surface area contributed by atoms with Crippen LogP contribution < -0.4 is 5.32 Å². The number of nitrogens with zero attached hydrogens (tertiary/aromatic N) is 2. The van der Waals surface area contributed by atoms with Gasteiger partial charge in [0.1, 0.15) is 11.6 Å². The smallest absolute Gasteiger partial charge is 0.225 e. The minimum atomic E-state index is -0.658. The zero-order chi connectivity index (χ0) is 19.2. The number of aliphatic hydroxyl groups is 1. The fraction of sp³-hybridized carbons (Fsp3) is 0.400. The Balaban J connectivity index is 1.43. The van der Waals surface area contributed by atoms with Gasteiger partial charge in [-0.05, 0) is 56.1 Å². The molecular formula is C20H23F2N3O2. The minimum absolute atomic E-state index is 0.141. The van der Waals surface area contributed by atoms with E-state index in [1.54, 1.807) is 6.20 Å². The first-order valence-corrected chi connectivity index (χ1v) is 9.09. The van der Waals surface area contributed by atoms with E-state index in [0.717, 1.165) is 44.1 Å². The van der Waals surface area contributed by atoms with Crippen LogP contribution in [0.25, 0.3) is 0 Å².